The molecule has 152 valence electrons. The van der Waals surface area contributed by atoms with Crippen molar-refractivity contribution in [2.24, 2.45) is 0 Å². The first-order chi connectivity index (χ1) is 13.2. The number of carbonyl (C=O) groups excluding carboxylic acids is 1. The molecule has 0 spiro atoms. The van der Waals surface area contributed by atoms with Crippen LogP contribution < -0.4 is 14.4 Å². The summed E-state index contributed by atoms with van der Waals surface area (Å²) in [7, 11) is -2.06. The van der Waals surface area contributed by atoms with Gasteiger partial charge in [0.2, 0.25) is 15.9 Å². The van der Waals surface area contributed by atoms with Crippen molar-refractivity contribution in [1.82, 2.24) is 5.32 Å². The Kier molecular flexibility index (Phi) is 7.07. The van der Waals surface area contributed by atoms with Gasteiger partial charge < -0.3 is 10.1 Å². The van der Waals surface area contributed by atoms with E-state index in [1.54, 1.807) is 26.2 Å². The summed E-state index contributed by atoms with van der Waals surface area (Å²) in [6.45, 7) is 5.97. The van der Waals surface area contributed by atoms with Crippen LogP contribution in [0.5, 0.6) is 5.75 Å². The fraction of sp³-hybridized carbons (Fsp3) is 0.381. The first kappa shape index (κ1) is 21.8. The first-order valence-corrected chi connectivity index (χ1v) is 11.0. The van der Waals surface area contributed by atoms with Gasteiger partial charge in [-0.15, -0.1) is 0 Å². The van der Waals surface area contributed by atoms with E-state index >= 15 is 0 Å². The molecule has 1 amide bonds. The van der Waals surface area contributed by atoms with Gasteiger partial charge in [-0.2, -0.15) is 0 Å². The maximum atomic E-state index is 12.9. The quantitative estimate of drug-likeness (QED) is 0.733. The van der Waals surface area contributed by atoms with E-state index in [1.165, 1.54) is 4.31 Å². The molecule has 2 aromatic carbocycles. The Bertz CT molecular complexity index is 941. The lowest BCUT2D eigenvalue weighted by Gasteiger charge is -2.30. The Morgan fingerprint density at radius 1 is 1.14 bits per heavy atom. The fourth-order valence-corrected chi connectivity index (χ4v) is 4.22. The number of nitrogens with zero attached hydrogens (tertiary/aromatic N) is 1. The molecule has 0 saturated carbocycles. The van der Waals surface area contributed by atoms with Crippen LogP contribution in [0.4, 0.5) is 5.69 Å². The van der Waals surface area contributed by atoms with Crippen molar-refractivity contribution in [3.63, 3.8) is 0 Å². The van der Waals surface area contributed by atoms with Gasteiger partial charge in [-0.3, -0.25) is 9.10 Å². The van der Waals surface area contributed by atoms with Crippen LogP contribution in [-0.4, -0.2) is 33.7 Å². The molecule has 0 aromatic heterocycles. The van der Waals surface area contributed by atoms with Gasteiger partial charge >= 0.3 is 0 Å². The Hall–Kier alpha value is -2.54. The second kappa shape index (κ2) is 9.10. The average molecular weight is 405 g/mol. The Labute approximate surface area is 167 Å². The summed E-state index contributed by atoms with van der Waals surface area (Å²) in [6, 6.07) is 11.9. The molecule has 0 radical (unpaired) electrons. The number of anilines is 1. The fourth-order valence-electron chi connectivity index (χ4n) is 3.01. The molecule has 0 aliphatic carbocycles. The lowest BCUT2D eigenvalue weighted by atomic mass is 10.1. The lowest BCUT2D eigenvalue weighted by Crippen LogP contribution is -2.49. The normalized spacial score (nSPS) is 12.3. The third-order valence-electron chi connectivity index (χ3n) is 4.68. The van der Waals surface area contributed by atoms with Gasteiger partial charge in [0.05, 0.1) is 19.1 Å². The molecule has 2 aromatic rings. The van der Waals surface area contributed by atoms with E-state index in [4.69, 9.17) is 4.74 Å². The van der Waals surface area contributed by atoms with Gasteiger partial charge in [0.25, 0.3) is 0 Å². The van der Waals surface area contributed by atoms with E-state index in [2.05, 4.69) is 5.32 Å². The predicted octanol–water partition coefficient (Wildman–Crippen LogP) is 3.17. The average Bonchev–Trinajstić information content (AvgIpc) is 2.65. The van der Waals surface area contributed by atoms with Crippen LogP contribution in [0.2, 0.25) is 0 Å². The number of nitrogens with one attached hydrogen (secondary N) is 1. The molecule has 7 heteroatoms. The van der Waals surface area contributed by atoms with Crippen LogP contribution in [0, 0.1) is 13.8 Å². The van der Waals surface area contributed by atoms with Crippen molar-refractivity contribution in [2.45, 2.75) is 39.8 Å². The van der Waals surface area contributed by atoms with E-state index in [-0.39, 0.29) is 12.5 Å². The Morgan fingerprint density at radius 3 is 2.43 bits per heavy atom. The molecule has 1 atom stereocenters. The highest BCUT2D eigenvalue weighted by atomic mass is 32.2. The van der Waals surface area contributed by atoms with Crippen LogP contribution in [-0.2, 0) is 21.4 Å². The van der Waals surface area contributed by atoms with Gasteiger partial charge in [-0.1, -0.05) is 25.1 Å². The van der Waals surface area contributed by atoms with Gasteiger partial charge in [-0.25, -0.2) is 8.42 Å². The maximum Gasteiger partial charge on any atom is 0.244 e. The van der Waals surface area contributed by atoms with Crippen molar-refractivity contribution < 1.29 is 17.9 Å². The molecule has 0 fully saturated rings. The number of aryl methyl sites for hydroxylation is 2. The highest BCUT2D eigenvalue weighted by Crippen LogP contribution is 2.25. The number of carbonyl (C=O) groups is 1. The predicted molar refractivity (Wildman–Crippen MR) is 112 cm³/mol. The molecule has 0 aliphatic rings. The monoisotopic (exact) mass is 404 g/mol. The topological polar surface area (TPSA) is 75.7 Å². The van der Waals surface area contributed by atoms with E-state index in [0.29, 0.717) is 17.9 Å². The lowest BCUT2D eigenvalue weighted by molar-refractivity contribution is -0.122. The number of sulfonamides is 1. The molecular formula is C21H28N2O4S. The number of hydrogen-bond acceptors (Lipinski definition) is 4. The molecule has 6 nitrogen and oxygen atoms in total. The number of amides is 1. The van der Waals surface area contributed by atoms with Gasteiger partial charge in [0.1, 0.15) is 11.8 Å². The molecule has 0 bridgehead atoms. The molecule has 0 saturated heterocycles. The van der Waals surface area contributed by atoms with E-state index in [9.17, 15) is 13.2 Å². The van der Waals surface area contributed by atoms with Crippen molar-refractivity contribution in [2.75, 3.05) is 17.7 Å². The number of benzene rings is 2. The van der Waals surface area contributed by atoms with Crippen LogP contribution in [0.1, 0.15) is 30.0 Å². The molecule has 1 N–H and O–H groups in total. The highest BCUT2D eigenvalue weighted by molar-refractivity contribution is 7.92. The smallest absolute Gasteiger partial charge is 0.244 e. The summed E-state index contributed by atoms with van der Waals surface area (Å²) in [4.78, 5) is 12.9. The summed E-state index contributed by atoms with van der Waals surface area (Å²) in [5.74, 6) is 0.362. The summed E-state index contributed by atoms with van der Waals surface area (Å²) in [6.07, 6.45) is 1.48. The van der Waals surface area contributed by atoms with Crippen LogP contribution in [0.25, 0.3) is 0 Å². The summed E-state index contributed by atoms with van der Waals surface area (Å²) in [5.41, 5.74) is 3.40. The SMILES string of the molecule is CCC(C(=O)NCc1cccc(OC)c1)N(c1ccc(C)c(C)c1)S(C)(=O)=O. The molecule has 28 heavy (non-hydrogen) atoms. The van der Waals surface area contributed by atoms with E-state index < -0.39 is 16.1 Å². The molecule has 2 rings (SSSR count). The molecule has 1 unspecified atom stereocenters. The Balaban J connectivity index is 2.27. The standard InChI is InChI=1S/C21H28N2O4S/c1-6-20(21(24)22-14-17-8-7-9-19(13-17)27-4)23(28(5,25)26)18-11-10-15(2)16(3)12-18/h7-13,20H,6,14H2,1-5H3,(H,22,24). The highest BCUT2D eigenvalue weighted by Gasteiger charge is 2.31. The van der Waals surface area contributed by atoms with E-state index in [1.807, 2.05) is 44.2 Å². The summed E-state index contributed by atoms with van der Waals surface area (Å²) >= 11 is 0. The summed E-state index contributed by atoms with van der Waals surface area (Å²) < 4.78 is 31.4. The maximum absolute atomic E-state index is 12.9. The zero-order chi connectivity index (χ0) is 20.9. The van der Waals surface area contributed by atoms with Crippen molar-refractivity contribution in [3.05, 3.63) is 59.2 Å². The second-order valence-corrected chi connectivity index (χ2v) is 8.68. The van der Waals surface area contributed by atoms with Crippen molar-refractivity contribution in [1.29, 1.82) is 0 Å². The third-order valence-corrected chi connectivity index (χ3v) is 5.86. The number of hydrogen-bond donors (Lipinski definition) is 1. The summed E-state index contributed by atoms with van der Waals surface area (Å²) in [5, 5.41) is 2.85. The van der Waals surface area contributed by atoms with E-state index in [0.717, 1.165) is 22.9 Å². The largest absolute Gasteiger partial charge is 0.497 e. The van der Waals surface area contributed by atoms with Crippen LogP contribution in [0.15, 0.2) is 42.5 Å². The third kappa shape index (κ3) is 5.25. The van der Waals surface area contributed by atoms with Crippen LogP contribution >= 0.6 is 0 Å². The second-order valence-electron chi connectivity index (χ2n) is 6.82. The Morgan fingerprint density at radius 2 is 1.86 bits per heavy atom. The zero-order valence-electron chi connectivity index (χ0n) is 17.0. The van der Waals surface area contributed by atoms with Gasteiger partial charge in [0, 0.05) is 6.54 Å². The number of rotatable bonds is 8. The van der Waals surface area contributed by atoms with Crippen molar-refractivity contribution >= 4 is 21.6 Å². The minimum Gasteiger partial charge on any atom is -0.497 e. The zero-order valence-corrected chi connectivity index (χ0v) is 17.8. The minimum absolute atomic E-state index is 0.289. The molecule has 0 aliphatic heterocycles. The number of methoxy groups -OCH3 is 1. The molecular weight excluding hydrogens is 376 g/mol. The molecule has 0 heterocycles. The van der Waals surface area contributed by atoms with Gasteiger partial charge in [-0.05, 0) is 61.2 Å². The van der Waals surface area contributed by atoms with Gasteiger partial charge in [0.15, 0.2) is 0 Å². The van der Waals surface area contributed by atoms with Crippen molar-refractivity contribution in [3.8, 4) is 5.75 Å². The van der Waals surface area contributed by atoms with Crippen LogP contribution in [0.3, 0.4) is 0 Å². The first-order valence-electron chi connectivity index (χ1n) is 9.14. The number of ether oxygens (including phenoxy) is 1. The minimum atomic E-state index is -3.65.